The van der Waals surface area contributed by atoms with E-state index >= 15 is 0 Å². The highest BCUT2D eigenvalue weighted by atomic mass is 127. The van der Waals surface area contributed by atoms with Crippen molar-refractivity contribution in [2.75, 3.05) is 0 Å². The summed E-state index contributed by atoms with van der Waals surface area (Å²) in [6.45, 7) is 1.84. The van der Waals surface area contributed by atoms with Gasteiger partial charge in [-0.2, -0.15) is 0 Å². The van der Waals surface area contributed by atoms with Crippen molar-refractivity contribution in [3.8, 4) is 0 Å². The van der Waals surface area contributed by atoms with Crippen molar-refractivity contribution in [3.63, 3.8) is 0 Å². The van der Waals surface area contributed by atoms with Crippen molar-refractivity contribution in [2.45, 2.75) is 6.92 Å². The van der Waals surface area contributed by atoms with Crippen LogP contribution in [-0.2, 0) is 9.53 Å². The average Bonchev–Trinajstić information content (AvgIpc) is 2.97. The van der Waals surface area contributed by atoms with Gasteiger partial charge in [-0.3, -0.25) is 0 Å². The Morgan fingerprint density at radius 3 is 2.80 bits per heavy atom. The molecule has 0 fully saturated rings. The van der Waals surface area contributed by atoms with Crippen molar-refractivity contribution >= 4 is 40.5 Å². The molecule has 0 N–H and O–H groups in total. The highest BCUT2D eigenvalue weighted by Crippen LogP contribution is 2.20. The lowest BCUT2D eigenvalue weighted by Gasteiger charge is -1.99. The third-order valence-electron chi connectivity index (χ3n) is 2.73. The van der Waals surface area contributed by atoms with Crippen molar-refractivity contribution < 1.29 is 13.9 Å². The maximum absolute atomic E-state index is 11.8. The second-order valence-electron chi connectivity index (χ2n) is 4.29. The van der Waals surface area contributed by atoms with Gasteiger partial charge >= 0.3 is 5.97 Å². The molecule has 1 aromatic carbocycles. The molecule has 0 saturated carbocycles. The van der Waals surface area contributed by atoms with Crippen LogP contribution in [0.25, 0.3) is 6.08 Å². The van der Waals surface area contributed by atoms with Crippen LogP contribution < -0.4 is 0 Å². The molecule has 0 radical (unpaired) electrons. The number of hydrogen-bond donors (Lipinski definition) is 0. The van der Waals surface area contributed by atoms with E-state index in [1.165, 1.54) is 0 Å². The lowest BCUT2D eigenvalue weighted by molar-refractivity contribution is -0.129. The first-order valence-electron chi connectivity index (χ1n) is 5.97. The van der Waals surface area contributed by atoms with E-state index in [1.54, 1.807) is 12.1 Å². The van der Waals surface area contributed by atoms with Crippen LogP contribution in [0.5, 0.6) is 0 Å². The number of carbonyl (C=O) groups is 1. The van der Waals surface area contributed by atoms with Crippen molar-refractivity contribution in [1.82, 2.24) is 0 Å². The maximum atomic E-state index is 11.8. The summed E-state index contributed by atoms with van der Waals surface area (Å²) in [5.74, 6) is 1.23. The minimum atomic E-state index is -0.465. The lowest BCUT2D eigenvalue weighted by atomic mass is 10.2. The van der Waals surface area contributed by atoms with Gasteiger partial charge in [0.1, 0.15) is 11.5 Å². The van der Waals surface area contributed by atoms with Gasteiger partial charge in [-0.1, -0.05) is 6.07 Å². The summed E-state index contributed by atoms with van der Waals surface area (Å²) in [5.41, 5.74) is 1.03. The third kappa shape index (κ3) is 2.67. The van der Waals surface area contributed by atoms with E-state index in [1.807, 2.05) is 37.3 Å². The molecule has 4 nitrogen and oxygen atoms in total. The minimum absolute atomic E-state index is 0.244. The lowest BCUT2D eigenvalue weighted by Crippen LogP contribution is -2.05. The van der Waals surface area contributed by atoms with Gasteiger partial charge in [-0.15, -0.1) is 0 Å². The summed E-state index contributed by atoms with van der Waals surface area (Å²) < 4.78 is 11.6. The predicted octanol–water partition coefficient (Wildman–Crippen LogP) is 3.54. The Morgan fingerprint density at radius 2 is 2.10 bits per heavy atom. The zero-order valence-corrected chi connectivity index (χ0v) is 12.7. The SMILES string of the molecule is Cc1ccc(C=C2N=C(c3cccc(I)c3)OC2=O)o1. The quantitative estimate of drug-likeness (QED) is 0.456. The number of carbonyl (C=O) groups excluding carboxylic acids is 1. The van der Waals surface area contributed by atoms with Gasteiger partial charge in [0.15, 0.2) is 5.70 Å². The van der Waals surface area contributed by atoms with Crippen molar-refractivity contribution in [3.05, 3.63) is 62.7 Å². The molecule has 100 valence electrons. The Balaban J connectivity index is 1.94. The van der Waals surface area contributed by atoms with Crippen molar-refractivity contribution in [1.29, 1.82) is 0 Å². The first-order valence-corrected chi connectivity index (χ1v) is 7.04. The van der Waals surface area contributed by atoms with E-state index in [-0.39, 0.29) is 5.70 Å². The number of nitrogens with zero attached hydrogens (tertiary/aromatic N) is 1. The molecule has 0 saturated heterocycles. The second-order valence-corrected chi connectivity index (χ2v) is 5.54. The summed E-state index contributed by atoms with van der Waals surface area (Å²) in [4.78, 5) is 16.0. The molecule has 0 amide bonds. The molecule has 1 aliphatic rings. The Labute approximate surface area is 129 Å². The normalized spacial score (nSPS) is 16.4. The van der Waals surface area contributed by atoms with Crippen LogP contribution in [0.1, 0.15) is 17.1 Å². The van der Waals surface area contributed by atoms with E-state index in [0.717, 1.165) is 14.9 Å². The maximum Gasteiger partial charge on any atom is 0.363 e. The number of esters is 1. The number of hydrogen-bond acceptors (Lipinski definition) is 4. The van der Waals surface area contributed by atoms with Gasteiger partial charge in [-0.05, 0) is 59.8 Å². The fourth-order valence-corrected chi connectivity index (χ4v) is 2.36. The molecule has 2 heterocycles. The third-order valence-corrected chi connectivity index (χ3v) is 3.40. The summed E-state index contributed by atoms with van der Waals surface area (Å²) >= 11 is 2.20. The number of cyclic esters (lactones) is 1. The molecule has 0 spiro atoms. The Bertz CT molecular complexity index is 743. The molecule has 0 bridgehead atoms. The van der Waals surface area contributed by atoms with Crippen LogP contribution in [-0.4, -0.2) is 11.9 Å². The Kier molecular flexibility index (Phi) is 3.43. The second kappa shape index (κ2) is 5.24. The topological polar surface area (TPSA) is 51.8 Å². The summed E-state index contributed by atoms with van der Waals surface area (Å²) in [6, 6.07) is 11.2. The number of ether oxygens (including phenoxy) is 1. The van der Waals surface area contributed by atoms with Gasteiger partial charge in [-0.25, -0.2) is 9.79 Å². The largest absolute Gasteiger partial charge is 0.462 e. The van der Waals surface area contributed by atoms with Crippen LogP contribution in [0.15, 0.2) is 51.5 Å². The fourth-order valence-electron chi connectivity index (χ4n) is 1.82. The number of halogens is 1. The summed E-state index contributed by atoms with van der Waals surface area (Å²) in [6.07, 6.45) is 1.58. The monoisotopic (exact) mass is 379 g/mol. The molecule has 1 aliphatic heterocycles. The van der Waals surface area contributed by atoms with Crippen LogP contribution >= 0.6 is 22.6 Å². The Hall–Kier alpha value is -1.89. The Morgan fingerprint density at radius 1 is 1.25 bits per heavy atom. The zero-order valence-electron chi connectivity index (χ0n) is 10.6. The zero-order chi connectivity index (χ0) is 14.1. The summed E-state index contributed by atoms with van der Waals surface area (Å²) in [5, 5.41) is 0. The van der Waals surface area contributed by atoms with Gasteiger partial charge in [0.25, 0.3) is 0 Å². The van der Waals surface area contributed by atoms with Gasteiger partial charge < -0.3 is 9.15 Å². The predicted molar refractivity (Wildman–Crippen MR) is 83.2 cm³/mol. The van der Waals surface area contributed by atoms with E-state index in [4.69, 9.17) is 9.15 Å². The van der Waals surface area contributed by atoms with E-state index in [2.05, 4.69) is 27.6 Å². The molecule has 0 unspecified atom stereocenters. The summed E-state index contributed by atoms with van der Waals surface area (Å²) in [7, 11) is 0. The minimum Gasteiger partial charge on any atom is -0.462 e. The van der Waals surface area contributed by atoms with E-state index in [9.17, 15) is 4.79 Å². The molecule has 5 heteroatoms. The molecule has 1 aromatic heterocycles. The number of aryl methyl sites for hydroxylation is 1. The van der Waals surface area contributed by atoms with Gasteiger partial charge in [0.05, 0.1) is 0 Å². The van der Waals surface area contributed by atoms with Gasteiger partial charge in [0, 0.05) is 15.2 Å². The molecular formula is C15H10INO3. The first-order chi connectivity index (χ1) is 9.61. The highest BCUT2D eigenvalue weighted by molar-refractivity contribution is 14.1. The molecular weight excluding hydrogens is 369 g/mol. The molecule has 20 heavy (non-hydrogen) atoms. The van der Waals surface area contributed by atoms with Crippen molar-refractivity contribution in [2.24, 2.45) is 4.99 Å². The van der Waals surface area contributed by atoms with Crippen LogP contribution in [0.3, 0.4) is 0 Å². The number of aliphatic imine (C=N–C) groups is 1. The fraction of sp³-hybridized carbons (Fsp3) is 0.0667. The van der Waals surface area contributed by atoms with Crippen LogP contribution in [0.2, 0.25) is 0 Å². The smallest absolute Gasteiger partial charge is 0.363 e. The standard InChI is InChI=1S/C15H10INO3/c1-9-5-6-12(19-9)8-13-15(18)20-14(17-13)10-3-2-4-11(16)7-10/h2-8H,1H3. The van der Waals surface area contributed by atoms with Crippen LogP contribution in [0.4, 0.5) is 0 Å². The van der Waals surface area contributed by atoms with Crippen LogP contribution in [0, 0.1) is 10.5 Å². The molecule has 0 atom stereocenters. The highest BCUT2D eigenvalue weighted by Gasteiger charge is 2.24. The molecule has 2 aromatic rings. The number of furan rings is 1. The van der Waals surface area contributed by atoms with E-state index < -0.39 is 5.97 Å². The first kappa shape index (κ1) is 13.1. The average molecular weight is 379 g/mol. The molecule has 3 rings (SSSR count). The van der Waals surface area contributed by atoms with E-state index in [0.29, 0.717) is 11.7 Å². The van der Waals surface area contributed by atoms with Gasteiger partial charge in [0.2, 0.25) is 5.90 Å². The number of benzene rings is 1. The molecule has 0 aliphatic carbocycles. The number of rotatable bonds is 2.